The first-order valence-corrected chi connectivity index (χ1v) is 12.6. The molecule has 0 spiro atoms. The molecule has 0 aromatic heterocycles. The first-order chi connectivity index (χ1) is 18.0. The van der Waals surface area contributed by atoms with E-state index in [0.717, 1.165) is 29.7 Å². The number of ether oxygens (including phenoxy) is 1. The summed E-state index contributed by atoms with van der Waals surface area (Å²) in [4.78, 5) is 23.0. The number of halogens is 5. The normalized spacial score (nSPS) is 13.0. The second-order valence-electron chi connectivity index (χ2n) is 8.65. The van der Waals surface area contributed by atoms with Crippen LogP contribution in [-0.2, 0) is 11.0 Å². The van der Waals surface area contributed by atoms with Gasteiger partial charge in [-0.15, -0.1) is 0 Å². The predicted octanol–water partition coefficient (Wildman–Crippen LogP) is 7.92. The van der Waals surface area contributed by atoms with Crippen LogP contribution >= 0.6 is 23.2 Å². The van der Waals surface area contributed by atoms with Gasteiger partial charge in [0.2, 0.25) is 0 Å². The van der Waals surface area contributed by atoms with Gasteiger partial charge in [-0.3, -0.25) is 9.59 Å². The summed E-state index contributed by atoms with van der Waals surface area (Å²) in [6.45, 7) is 2.01. The van der Waals surface area contributed by atoms with Gasteiger partial charge in [-0.2, -0.15) is 13.2 Å². The molecular weight excluding hydrogens is 542 g/mol. The van der Waals surface area contributed by atoms with E-state index in [9.17, 15) is 22.8 Å². The topological polar surface area (TPSA) is 75.6 Å². The fraction of sp³-hybridized carbons (Fsp3) is 0.286. The van der Waals surface area contributed by atoms with E-state index < -0.39 is 29.7 Å². The smallest absolute Gasteiger partial charge is 0.416 e. The van der Waals surface area contributed by atoms with E-state index in [-0.39, 0.29) is 29.7 Å². The van der Waals surface area contributed by atoms with Gasteiger partial charge in [-0.1, -0.05) is 60.8 Å². The van der Waals surface area contributed by atoms with Crippen LogP contribution in [0.4, 0.5) is 13.2 Å². The standard InChI is InChI=1S/C28H26Cl2F3NO4/c1-2-3-22(17-4-6-19(7-5-17)27(37)34-15-14-25(35)36)26(18-8-11-21(29)12-9-18)38-24-13-10-20(16-23(24)30)28(31,32)33/h4-13,16,22,26H,2-3,14-15H2,1H3,(H,34,37)(H,35,36)/t22-,26-/m1/s1. The van der Waals surface area contributed by atoms with E-state index in [2.05, 4.69) is 5.32 Å². The average Bonchev–Trinajstić information content (AvgIpc) is 2.87. The van der Waals surface area contributed by atoms with Crippen LogP contribution in [0, 0.1) is 0 Å². The number of nitrogens with one attached hydrogen (secondary N) is 1. The molecule has 0 unspecified atom stereocenters. The molecule has 0 saturated carbocycles. The number of carbonyl (C=O) groups excluding carboxylic acids is 1. The minimum Gasteiger partial charge on any atom is -0.484 e. The van der Waals surface area contributed by atoms with Crippen molar-refractivity contribution in [3.05, 3.63) is 99.0 Å². The van der Waals surface area contributed by atoms with E-state index in [1.54, 1.807) is 48.5 Å². The molecule has 10 heteroatoms. The zero-order valence-electron chi connectivity index (χ0n) is 20.4. The van der Waals surface area contributed by atoms with E-state index >= 15 is 0 Å². The zero-order valence-corrected chi connectivity index (χ0v) is 21.9. The summed E-state index contributed by atoms with van der Waals surface area (Å²) >= 11 is 12.3. The number of hydrogen-bond donors (Lipinski definition) is 2. The summed E-state index contributed by atoms with van der Waals surface area (Å²) in [7, 11) is 0. The number of rotatable bonds is 11. The van der Waals surface area contributed by atoms with Gasteiger partial charge in [0.1, 0.15) is 11.9 Å². The lowest BCUT2D eigenvalue weighted by Gasteiger charge is -2.29. The molecule has 2 atom stereocenters. The Bertz CT molecular complexity index is 1250. The number of carboxylic acids is 1. The third kappa shape index (κ3) is 7.88. The van der Waals surface area contributed by atoms with Crippen LogP contribution < -0.4 is 10.1 Å². The summed E-state index contributed by atoms with van der Waals surface area (Å²) < 4.78 is 45.7. The molecule has 38 heavy (non-hydrogen) atoms. The van der Waals surface area contributed by atoms with Gasteiger partial charge in [-0.25, -0.2) is 0 Å². The molecule has 0 aliphatic heterocycles. The molecule has 0 fully saturated rings. The minimum atomic E-state index is -4.54. The molecule has 0 saturated heterocycles. The number of amides is 1. The minimum absolute atomic E-state index is 0.00868. The Balaban J connectivity index is 1.94. The molecule has 202 valence electrons. The van der Waals surface area contributed by atoms with Crippen molar-refractivity contribution >= 4 is 35.1 Å². The van der Waals surface area contributed by atoms with E-state index in [4.69, 9.17) is 33.0 Å². The maximum absolute atomic E-state index is 13.1. The molecule has 0 aliphatic carbocycles. The van der Waals surface area contributed by atoms with Crippen molar-refractivity contribution in [1.29, 1.82) is 0 Å². The third-order valence-corrected chi connectivity index (χ3v) is 6.45. The van der Waals surface area contributed by atoms with Crippen molar-refractivity contribution in [2.24, 2.45) is 0 Å². The van der Waals surface area contributed by atoms with Gasteiger partial charge < -0.3 is 15.2 Å². The molecule has 3 aromatic carbocycles. The van der Waals surface area contributed by atoms with Gasteiger partial charge in [0.25, 0.3) is 5.91 Å². The SMILES string of the molecule is CCC[C@H](c1ccc(C(=O)NCCC(=O)O)cc1)[C@H](Oc1ccc(C(F)(F)F)cc1Cl)c1ccc(Cl)cc1. The predicted molar refractivity (Wildman–Crippen MR) is 140 cm³/mol. The maximum atomic E-state index is 13.1. The van der Waals surface area contributed by atoms with E-state index in [1.165, 1.54) is 6.07 Å². The van der Waals surface area contributed by atoms with Crippen molar-refractivity contribution < 1.29 is 32.6 Å². The van der Waals surface area contributed by atoms with Crippen molar-refractivity contribution in [1.82, 2.24) is 5.32 Å². The molecular formula is C28H26Cl2F3NO4. The Kier molecular flexibility index (Phi) is 10.1. The molecule has 3 aromatic rings. The molecule has 0 aliphatic rings. The molecule has 3 rings (SSSR count). The van der Waals surface area contributed by atoms with Crippen molar-refractivity contribution in [3.63, 3.8) is 0 Å². The Morgan fingerprint density at radius 1 is 0.974 bits per heavy atom. The van der Waals surface area contributed by atoms with Crippen LogP contribution in [0.3, 0.4) is 0 Å². The molecule has 0 radical (unpaired) electrons. The number of alkyl halides is 3. The summed E-state index contributed by atoms with van der Waals surface area (Å²) in [6, 6.07) is 16.8. The monoisotopic (exact) mass is 567 g/mol. The zero-order chi connectivity index (χ0) is 27.9. The fourth-order valence-corrected chi connectivity index (χ4v) is 4.37. The van der Waals surface area contributed by atoms with E-state index in [1.807, 2.05) is 6.92 Å². The third-order valence-electron chi connectivity index (χ3n) is 5.90. The highest BCUT2D eigenvalue weighted by Gasteiger charge is 2.32. The first kappa shape index (κ1) is 29.3. The molecule has 1 amide bonds. The lowest BCUT2D eigenvalue weighted by Crippen LogP contribution is -2.26. The quantitative estimate of drug-likeness (QED) is 0.247. The van der Waals surface area contributed by atoms with Crippen LogP contribution in [0.15, 0.2) is 66.7 Å². The van der Waals surface area contributed by atoms with Gasteiger partial charge >= 0.3 is 12.1 Å². The number of hydrogen-bond acceptors (Lipinski definition) is 3. The number of aliphatic carboxylic acids is 1. The largest absolute Gasteiger partial charge is 0.484 e. The maximum Gasteiger partial charge on any atom is 0.416 e. The summed E-state index contributed by atoms with van der Waals surface area (Å²) in [5.74, 6) is -1.55. The highest BCUT2D eigenvalue weighted by atomic mass is 35.5. The van der Waals surface area contributed by atoms with Crippen LogP contribution in [0.25, 0.3) is 0 Å². The fourth-order valence-electron chi connectivity index (χ4n) is 4.02. The summed E-state index contributed by atoms with van der Waals surface area (Å²) in [5, 5.41) is 11.7. The molecule has 5 nitrogen and oxygen atoms in total. The summed E-state index contributed by atoms with van der Waals surface area (Å²) in [5.41, 5.74) is 1.08. The highest BCUT2D eigenvalue weighted by molar-refractivity contribution is 6.32. The van der Waals surface area contributed by atoms with Crippen LogP contribution in [0.1, 0.15) is 65.3 Å². The van der Waals surface area contributed by atoms with Crippen molar-refractivity contribution in [3.8, 4) is 5.75 Å². The van der Waals surface area contributed by atoms with Gasteiger partial charge in [0, 0.05) is 23.0 Å². The van der Waals surface area contributed by atoms with Gasteiger partial charge in [0.05, 0.1) is 17.0 Å². The first-order valence-electron chi connectivity index (χ1n) is 11.9. The lowest BCUT2D eigenvalue weighted by atomic mass is 9.85. The van der Waals surface area contributed by atoms with Gasteiger partial charge in [-0.05, 0) is 60.0 Å². The van der Waals surface area contributed by atoms with E-state index in [0.29, 0.717) is 17.0 Å². The number of benzene rings is 3. The highest BCUT2D eigenvalue weighted by Crippen LogP contribution is 2.42. The van der Waals surface area contributed by atoms with Crippen LogP contribution in [0.2, 0.25) is 10.0 Å². The molecule has 0 bridgehead atoms. The van der Waals surface area contributed by atoms with Crippen LogP contribution in [0.5, 0.6) is 5.75 Å². The Labute approximate surface area is 228 Å². The number of carbonyl (C=O) groups is 2. The molecule has 2 N–H and O–H groups in total. The lowest BCUT2D eigenvalue weighted by molar-refractivity contribution is -0.138. The van der Waals surface area contributed by atoms with Gasteiger partial charge in [0.15, 0.2) is 0 Å². The van der Waals surface area contributed by atoms with Crippen LogP contribution in [-0.4, -0.2) is 23.5 Å². The second kappa shape index (κ2) is 13.0. The Hall–Kier alpha value is -3.23. The Morgan fingerprint density at radius 2 is 1.61 bits per heavy atom. The number of carboxylic acid groups (broad SMARTS) is 1. The summed E-state index contributed by atoms with van der Waals surface area (Å²) in [6.07, 6.45) is -3.91. The second-order valence-corrected chi connectivity index (χ2v) is 9.49. The van der Waals surface area contributed by atoms with Crippen molar-refractivity contribution in [2.45, 2.75) is 44.4 Å². The molecule has 0 heterocycles. The Morgan fingerprint density at radius 3 is 2.16 bits per heavy atom. The van der Waals surface area contributed by atoms with Crippen molar-refractivity contribution in [2.75, 3.05) is 6.54 Å². The average molecular weight is 568 g/mol.